The number of aromatic nitrogens is 4. The van der Waals surface area contributed by atoms with E-state index in [2.05, 4.69) is 34.2 Å². The molecule has 0 aromatic carbocycles. The van der Waals surface area contributed by atoms with Gasteiger partial charge in [-0.3, -0.25) is 9.59 Å². The number of hydrogen-bond acceptors (Lipinski definition) is 7. The van der Waals surface area contributed by atoms with Crippen LogP contribution in [0.4, 0.5) is 5.82 Å². The van der Waals surface area contributed by atoms with Gasteiger partial charge in [0.05, 0.1) is 35.3 Å². The number of anilines is 1. The Hall–Kier alpha value is -2.81. The molecule has 160 valence electrons. The highest BCUT2D eigenvalue weighted by atomic mass is 16.3. The SMILES string of the molecule is Cc1nn(-c2cnc(C(N)=O)c(NC3CCCCC3O)n2)c2c1C(=O)CC(C)(C)C2. The van der Waals surface area contributed by atoms with Crippen LogP contribution in [0.2, 0.25) is 0 Å². The average Bonchev–Trinajstić information content (AvgIpc) is 2.98. The Morgan fingerprint density at radius 2 is 2.03 bits per heavy atom. The number of fused-ring (bicyclic) bond motifs is 1. The first-order valence-electron chi connectivity index (χ1n) is 10.4. The third-order valence-electron chi connectivity index (χ3n) is 5.98. The number of Topliss-reactive ketones (excluding diaryl/α,β-unsaturated/α-hetero) is 1. The summed E-state index contributed by atoms with van der Waals surface area (Å²) in [6.45, 7) is 5.92. The molecule has 2 aromatic heterocycles. The van der Waals surface area contributed by atoms with Crippen LogP contribution in [0.1, 0.15) is 78.2 Å². The number of carbonyl (C=O) groups is 2. The first-order chi connectivity index (χ1) is 14.2. The monoisotopic (exact) mass is 412 g/mol. The van der Waals surface area contributed by atoms with Crippen molar-refractivity contribution in [2.75, 3.05) is 5.32 Å². The molecule has 1 amide bonds. The number of nitrogens with two attached hydrogens (primary N) is 1. The number of aliphatic hydroxyl groups excluding tert-OH is 1. The van der Waals surface area contributed by atoms with Gasteiger partial charge in [-0.25, -0.2) is 14.6 Å². The molecule has 2 unspecified atom stereocenters. The van der Waals surface area contributed by atoms with Crippen LogP contribution in [0, 0.1) is 12.3 Å². The lowest BCUT2D eigenvalue weighted by Gasteiger charge is -2.30. The maximum absolute atomic E-state index is 12.7. The van der Waals surface area contributed by atoms with Crippen molar-refractivity contribution < 1.29 is 14.7 Å². The van der Waals surface area contributed by atoms with Crippen LogP contribution in [0.25, 0.3) is 5.82 Å². The van der Waals surface area contributed by atoms with Gasteiger partial charge in [-0.05, 0) is 31.6 Å². The summed E-state index contributed by atoms with van der Waals surface area (Å²) in [4.78, 5) is 33.4. The van der Waals surface area contributed by atoms with Gasteiger partial charge in [0.2, 0.25) is 0 Å². The van der Waals surface area contributed by atoms with Crippen molar-refractivity contribution in [2.24, 2.45) is 11.1 Å². The number of ketones is 1. The van der Waals surface area contributed by atoms with Crippen molar-refractivity contribution in [3.05, 3.63) is 28.8 Å². The molecule has 9 heteroatoms. The van der Waals surface area contributed by atoms with Gasteiger partial charge in [-0.15, -0.1) is 0 Å². The van der Waals surface area contributed by atoms with Crippen molar-refractivity contribution in [3.63, 3.8) is 0 Å². The Morgan fingerprint density at radius 3 is 2.73 bits per heavy atom. The number of aliphatic hydroxyl groups is 1. The standard InChI is InChI=1S/C21H28N6O3/c1-11-17-13(8-21(2,3)9-15(17)29)27(26-11)16-10-23-18(19(22)30)20(25-16)24-12-6-4-5-7-14(12)28/h10,12,14,28H,4-9H2,1-3H3,(H2,22,30)(H,24,25). The van der Waals surface area contributed by atoms with Gasteiger partial charge in [-0.1, -0.05) is 26.7 Å². The Morgan fingerprint density at radius 1 is 1.30 bits per heavy atom. The predicted molar refractivity (Wildman–Crippen MR) is 111 cm³/mol. The minimum Gasteiger partial charge on any atom is -0.391 e. The lowest BCUT2D eigenvalue weighted by Crippen LogP contribution is -2.37. The van der Waals surface area contributed by atoms with Crippen LogP contribution in [0.5, 0.6) is 0 Å². The summed E-state index contributed by atoms with van der Waals surface area (Å²) in [6.07, 6.45) is 5.49. The Balaban J connectivity index is 1.77. The number of amides is 1. The number of primary amides is 1. The molecular formula is C21H28N6O3. The Bertz CT molecular complexity index is 1010. The van der Waals surface area contributed by atoms with Crippen molar-refractivity contribution in [1.29, 1.82) is 0 Å². The molecule has 2 aliphatic carbocycles. The molecule has 0 aliphatic heterocycles. The normalized spacial score (nSPS) is 23.1. The number of aryl methyl sites for hydroxylation is 1. The number of carbonyl (C=O) groups excluding carboxylic acids is 2. The van der Waals surface area contributed by atoms with E-state index in [9.17, 15) is 14.7 Å². The van der Waals surface area contributed by atoms with Gasteiger partial charge in [-0.2, -0.15) is 5.10 Å². The number of nitrogens with zero attached hydrogens (tertiary/aromatic N) is 4. The molecule has 2 heterocycles. The predicted octanol–water partition coefficient (Wildman–Crippen LogP) is 1.94. The average molecular weight is 412 g/mol. The molecule has 4 rings (SSSR count). The van der Waals surface area contributed by atoms with Crippen LogP contribution in [-0.4, -0.2) is 48.7 Å². The zero-order valence-electron chi connectivity index (χ0n) is 17.6. The second kappa shape index (κ2) is 7.46. The van der Waals surface area contributed by atoms with Crippen molar-refractivity contribution in [1.82, 2.24) is 19.7 Å². The van der Waals surface area contributed by atoms with Crippen LogP contribution < -0.4 is 11.1 Å². The van der Waals surface area contributed by atoms with Crippen LogP contribution in [0.3, 0.4) is 0 Å². The van der Waals surface area contributed by atoms with Crippen LogP contribution >= 0.6 is 0 Å². The Labute approximate surface area is 175 Å². The van der Waals surface area contributed by atoms with Crippen molar-refractivity contribution >= 4 is 17.5 Å². The first-order valence-corrected chi connectivity index (χ1v) is 10.4. The first kappa shape index (κ1) is 20.5. The molecule has 30 heavy (non-hydrogen) atoms. The summed E-state index contributed by atoms with van der Waals surface area (Å²) >= 11 is 0. The third kappa shape index (κ3) is 3.69. The smallest absolute Gasteiger partial charge is 0.271 e. The molecule has 1 saturated carbocycles. The van der Waals surface area contributed by atoms with Gasteiger partial charge in [0.15, 0.2) is 23.1 Å². The molecule has 2 atom stereocenters. The molecule has 0 bridgehead atoms. The van der Waals surface area contributed by atoms with E-state index < -0.39 is 12.0 Å². The number of hydrogen-bond donors (Lipinski definition) is 3. The molecule has 0 spiro atoms. The zero-order chi connectivity index (χ0) is 21.6. The number of nitrogens with one attached hydrogen (secondary N) is 1. The maximum atomic E-state index is 12.7. The van der Waals surface area contributed by atoms with Gasteiger partial charge >= 0.3 is 0 Å². The quantitative estimate of drug-likeness (QED) is 0.698. The van der Waals surface area contributed by atoms with Gasteiger partial charge in [0.25, 0.3) is 5.91 Å². The molecule has 0 saturated heterocycles. The van der Waals surface area contributed by atoms with E-state index in [1.807, 2.05) is 6.92 Å². The van der Waals surface area contributed by atoms with Crippen LogP contribution in [0.15, 0.2) is 6.20 Å². The summed E-state index contributed by atoms with van der Waals surface area (Å²) in [5, 5.41) is 18.0. The highest BCUT2D eigenvalue weighted by molar-refractivity contribution is 6.00. The molecular weight excluding hydrogens is 384 g/mol. The fraction of sp³-hybridized carbons (Fsp3) is 0.571. The van der Waals surface area contributed by atoms with E-state index in [4.69, 9.17) is 5.73 Å². The second-order valence-electron chi connectivity index (χ2n) is 9.15. The lowest BCUT2D eigenvalue weighted by atomic mass is 9.75. The van der Waals surface area contributed by atoms with Crippen molar-refractivity contribution in [2.45, 2.75) is 71.4 Å². The maximum Gasteiger partial charge on any atom is 0.271 e. The van der Waals surface area contributed by atoms with Crippen LogP contribution in [-0.2, 0) is 6.42 Å². The molecule has 2 aromatic rings. The molecule has 2 aliphatic rings. The molecule has 4 N–H and O–H groups in total. The van der Waals surface area contributed by atoms with E-state index in [1.165, 1.54) is 6.20 Å². The van der Waals surface area contributed by atoms with E-state index in [-0.39, 0.29) is 28.8 Å². The second-order valence-corrected chi connectivity index (χ2v) is 9.15. The summed E-state index contributed by atoms with van der Waals surface area (Å²) in [5.74, 6) is 0.0177. The van der Waals surface area contributed by atoms with Gasteiger partial charge in [0, 0.05) is 6.42 Å². The largest absolute Gasteiger partial charge is 0.391 e. The molecule has 0 radical (unpaired) electrons. The summed E-state index contributed by atoms with van der Waals surface area (Å²) in [7, 11) is 0. The minimum absolute atomic E-state index is 0.0191. The highest BCUT2D eigenvalue weighted by Gasteiger charge is 2.36. The van der Waals surface area contributed by atoms with E-state index >= 15 is 0 Å². The minimum atomic E-state index is -0.697. The van der Waals surface area contributed by atoms with Crippen molar-refractivity contribution in [3.8, 4) is 5.82 Å². The summed E-state index contributed by atoms with van der Waals surface area (Å²) in [5.41, 5.74) is 7.45. The highest BCUT2D eigenvalue weighted by Crippen LogP contribution is 2.37. The summed E-state index contributed by atoms with van der Waals surface area (Å²) in [6, 6.07) is -0.227. The lowest BCUT2D eigenvalue weighted by molar-refractivity contribution is 0.0909. The van der Waals surface area contributed by atoms with E-state index in [1.54, 1.807) is 4.68 Å². The fourth-order valence-electron chi connectivity index (χ4n) is 4.55. The van der Waals surface area contributed by atoms with E-state index in [0.717, 1.165) is 25.0 Å². The third-order valence-corrected chi connectivity index (χ3v) is 5.98. The molecule has 9 nitrogen and oxygen atoms in total. The van der Waals surface area contributed by atoms with Gasteiger partial charge in [0.1, 0.15) is 0 Å². The van der Waals surface area contributed by atoms with E-state index in [0.29, 0.717) is 36.3 Å². The number of rotatable bonds is 4. The zero-order valence-corrected chi connectivity index (χ0v) is 17.6. The van der Waals surface area contributed by atoms with Gasteiger partial charge < -0.3 is 16.2 Å². The topological polar surface area (TPSA) is 136 Å². The summed E-state index contributed by atoms with van der Waals surface area (Å²) < 4.78 is 1.64. The molecule has 1 fully saturated rings. The Kier molecular flexibility index (Phi) is 5.09. The fourth-order valence-corrected chi connectivity index (χ4v) is 4.55.